The van der Waals surface area contributed by atoms with Crippen molar-refractivity contribution in [3.8, 4) is 0 Å². The normalized spacial score (nSPS) is 18.4. The van der Waals surface area contributed by atoms with E-state index in [0.29, 0.717) is 19.3 Å². The third kappa shape index (κ3) is 51.2. The summed E-state index contributed by atoms with van der Waals surface area (Å²) in [5.41, 5.74) is 0. The number of carbonyl (C=O) groups is 2. The molecule has 0 bridgehead atoms. The van der Waals surface area contributed by atoms with Crippen molar-refractivity contribution in [3.05, 3.63) is 48.6 Å². The SMILES string of the molecule is CCCCC/C=C\C/C=C\CCCCCCCCCCCCCCCCC(O)C(=O)NC(COC1OC(CO)C(O)C(O)C1OC(=O)CCCCCCCCCCCCCCC/C=C/CCCCCCCC)C(O)/C=C/CCCCCCCCCCCC. The van der Waals surface area contributed by atoms with E-state index in [1.54, 1.807) is 6.08 Å². The van der Waals surface area contributed by atoms with E-state index >= 15 is 0 Å². The molecule has 1 rings (SSSR count). The lowest BCUT2D eigenvalue weighted by Gasteiger charge is -2.41. The van der Waals surface area contributed by atoms with Gasteiger partial charge in [0.15, 0.2) is 12.4 Å². The van der Waals surface area contributed by atoms with Crippen molar-refractivity contribution in [2.75, 3.05) is 13.2 Å². The van der Waals surface area contributed by atoms with Crippen LogP contribution < -0.4 is 5.32 Å². The number of hydrogen-bond acceptors (Lipinski definition) is 10. The van der Waals surface area contributed by atoms with Crippen molar-refractivity contribution in [1.82, 2.24) is 5.32 Å². The Kier molecular flexibility index (Phi) is 61.5. The zero-order chi connectivity index (χ0) is 63.9. The number of allylic oxidation sites excluding steroid dienone is 7. The average molecular weight is 1240 g/mol. The van der Waals surface area contributed by atoms with E-state index in [1.807, 2.05) is 6.08 Å². The quantitative estimate of drug-likeness (QED) is 0.0195. The summed E-state index contributed by atoms with van der Waals surface area (Å²) in [6.45, 7) is 5.82. The fourth-order valence-electron chi connectivity index (χ4n) is 12.0. The lowest BCUT2D eigenvalue weighted by Crippen LogP contribution is -2.61. The Hall–Kier alpha value is -2.38. The van der Waals surface area contributed by atoms with Gasteiger partial charge in [0.05, 0.1) is 25.4 Å². The topological polar surface area (TPSA) is 175 Å². The summed E-state index contributed by atoms with van der Waals surface area (Å²) in [4.78, 5) is 26.7. The number of carbonyl (C=O) groups excluding carboxylic acids is 2. The number of aliphatic hydroxyl groups is 5. The van der Waals surface area contributed by atoms with Crippen molar-refractivity contribution in [1.29, 1.82) is 0 Å². The maximum atomic E-state index is 13.5. The molecular weight excluding hydrogens is 1100 g/mol. The van der Waals surface area contributed by atoms with E-state index in [9.17, 15) is 35.1 Å². The molecule has 8 unspecified atom stereocenters. The largest absolute Gasteiger partial charge is 0.454 e. The predicted octanol–water partition coefficient (Wildman–Crippen LogP) is 19.9. The minimum absolute atomic E-state index is 0.126. The van der Waals surface area contributed by atoms with E-state index in [4.69, 9.17) is 14.2 Å². The van der Waals surface area contributed by atoms with E-state index in [1.165, 1.54) is 257 Å². The van der Waals surface area contributed by atoms with E-state index in [0.717, 1.165) is 64.2 Å². The van der Waals surface area contributed by atoms with Gasteiger partial charge in [0, 0.05) is 6.42 Å². The minimum Gasteiger partial charge on any atom is -0.454 e. The number of rotatable bonds is 66. The van der Waals surface area contributed by atoms with Crippen LogP contribution in [0.3, 0.4) is 0 Å². The number of ether oxygens (including phenoxy) is 3. The number of aliphatic hydroxyl groups excluding tert-OH is 5. The van der Waals surface area contributed by atoms with Crippen LogP contribution in [-0.2, 0) is 23.8 Å². The molecule has 0 aliphatic carbocycles. The fraction of sp³-hybridized carbons (Fsp3) is 0.870. The van der Waals surface area contributed by atoms with Gasteiger partial charge in [-0.1, -0.05) is 326 Å². The number of nitrogens with one attached hydrogen (secondary N) is 1. The summed E-state index contributed by atoms with van der Waals surface area (Å²) in [5.74, 6) is -1.18. The highest BCUT2D eigenvalue weighted by atomic mass is 16.7. The van der Waals surface area contributed by atoms with E-state index in [2.05, 4.69) is 62.5 Å². The molecule has 516 valence electrons. The van der Waals surface area contributed by atoms with Crippen molar-refractivity contribution in [2.45, 2.75) is 416 Å². The Labute approximate surface area is 542 Å². The highest BCUT2D eigenvalue weighted by molar-refractivity contribution is 5.80. The summed E-state index contributed by atoms with van der Waals surface area (Å²) in [6.07, 6.45) is 71.6. The van der Waals surface area contributed by atoms with Crippen LogP contribution in [-0.4, -0.2) is 99.6 Å². The third-order valence-electron chi connectivity index (χ3n) is 18.0. The Bertz CT molecular complexity index is 1620. The van der Waals surface area contributed by atoms with Gasteiger partial charge in [0.2, 0.25) is 5.91 Å². The molecule has 1 fully saturated rings. The molecule has 0 saturated carbocycles. The van der Waals surface area contributed by atoms with Gasteiger partial charge >= 0.3 is 5.97 Å². The van der Waals surface area contributed by atoms with Gasteiger partial charge in [-0.15, -0.1) is 0 Å². The van der Waals surface area contributed by atoms with E-state index in [-0.39, 0.29) is 13.0 Å². The van der Waals surface area contributed by atoms with Gasteiger partial charge in [0.25, 0.3) is 0 Å². The lowest BCUT2D eigenvalue weighted by molar-refractivity contribution is -0.305. The average Bonchev–Trinajstić information content (AvgIpc) is 3.72. The Morgan fingerprint density at radius 3 is 1.19 bits per heavy atom. The van der Waals surface area contributed by atoms with Crippen molar-refractivity contribution >= 4 is 11.9 Å². The molecule has 0 aromatic carbocycles. The molecule has 1 aliphatic rings. The van der Waals surface area contributed by atoms with Crippen LogP contribution in [0.25, 0.3) is 0 Å². The second-order valence-corrected chi connectivity index (χ2v) is 26.4. The molecular formula is C77H143NO10. The van der Waals surface area contributed by atoms with Gasteiger partial charge in [-0.2, -0.15) is 0 Å². The van der Waals surface area contributed by atoms with Gasteiger partial charge < -0.3 is 45.1 Å². The van der Waals surface area contributed by atoms with Crippen LogP contribution >= 0.6 is 0 Å². The smallest absolute Gasteiger partial charge is 0.306 e. The molecule has 0 spiro atoms. The summed E-state index contributed by atoms with van der Waals surface area (Å²) in [5, 5.41) is 57.3. The standard InChI is InChI=1S/C77H143NO10/c1-4-7-10-13-16-19-22-25-27-29-31-33-35-37-38-40-42-44-46-49-52-55-58-61-64-70(81)76(85)78-68(69(80)63-60-57-54-51-48-24-21-18-15-12-9-6-3)67-86-77-75(74(84)73(83)71(66-79)87-77)88-72(82)65-62-59-56-53-50-47-45-43-41-39-36-34-32-30-28-26-23-20-17-14-11-8-5-2/h16,19,25-28,60,63,68-71,73-75,77,79-81,83-84H,4-15,17-18,20-24,29-59,61-62,64-67H2,1-3H3,(H,78,85)/b19-16-,27-25-,28-26+,63-60+. The molecule has 6 N–H and O–H groups in total. The van der Waals surface area contributed by atoms with E-state index < -0.39 is 67.4 Å². The number of esters is 1. The first kappa shape index (κ1) is 83.6. The van der Waals surface area contributed by atoms with Gasteiger partial charge in [-0.05, 0) is 83.5 Å². The third-order valence-corrected chi connectivity index (χ3v) is 18.0. The minimum atomic E-state index is -1.61. The van der Waals surface area contributed by atoms with Crippen LogP contribution in [0.5, 0.6) is 0 Å². The van der Waals surface area contributed by atoms with Crippen LogP contribution in [0.1, 0.15) is 367 Å². The summed E-state index contributed by atoms with van der Waals surface area (Å²) in [6, 6.07) is -1.02. The Morgan fingerprint density at radius 1 is 0.443 bits per heavy atom. The molecule has 1 heterocycles. The number of amides is 1. The molecule has 11 heteroatoms. The second kappa shape index (κ2) is 64.7. The van der Waals surface area contributed by atoms with Gasteiger partial charge in [0.1, 0.15) is 24.4 Å². The first-order valence-corrected chi connectivity index (χ1v) is 37.9. The molecule has 0 radical (unpaired) electrons. The van der Waals surface area contributed by atoms with Crippen molar-refractivity contribution in [3.63, 3.8) is 0 Å². The number of unbranched alkanes of at least 4 members (excludes halogenated alkanes) is 46. The van der Waals surface area contributed by atoms with Crippen molar-refractivity contribution < 1.29 is 49.3 Å². The summed E-state index contributed by atoms with van der Waals surface area (Å²) < 4.78 is 17.7. The zero-order valence-corrected chi connectivity index (χ0v) is 57.6. The zero-order valence-electron chi connectivity index (χ0n) is 57.6. The monoisotopic (exact) mass is 1240 g/mol. The van der Waals surface area contributed by atoms with Crippen molar-refractivity contribution in [2.24, 2.45) is 0 Å². The maximum Gasteiger partial charge on any atom is 0.306 e. The van der Waals surface area contributed by atoms with Crippen LogP contribution in [0, 0.1) is 0 Å². The summed E-state index contributed by atoms with van der Waals surface area (Å²) in [7, 11) is 0. The fourth-order valence-corrected chi connectivity index (χ4v) is 12.0. The first-order chi connectivity index (χ1) is 43.2. The maximum absolute atomic E-state index is 13.5. The first-order valence-electron chi connectivity index (χ1n) is 37.9. The highest BCUT2D eigenvalue weighted by Gasteiger charge is 2.47. The van der Waals surface area contributed by atoms with Gasteiger partial charge in [-0.25, -0.2) is 0 Å². The van der Waals surface area contributed by atoms with Crippen LogP contribution in [0.4, 0.5) is 0 Å². The Morgan fingerprint density at radius 2 is 0.784 bits per heavy atom. The molecule has 11 nitrogen and oxygen atoms in total. The summed E-state index contributed by atoms with van der Waals surface area (Å²) >= 11 is 0. The molecule has 0 aromatic heterocycles. The highest BCUT2D eigenvalue weighted by Crippen LogP contribution is 2.27. The molecule has 0 aromatic rings. The molecule has 8 atom stereocenters. The molecule has 88 heavy (non-hydrogen) atoms. The molecule has 1 saturated heterocycles. The Balaban J connectivity index is 2.52. The lowest BCUT2D eigenvalue weighted by atomic mass is 9.99. The molecule has 1 aliphatic heterocycles. The molecule has 1 amide bonds. The van der Waals surface area contributed by atoms with Gasteiger partial charge in [-0.3, -0.25) is 9.59 Å². The van der Waals surface area contributed by atoms with Crippen LogP contribution in [0.2, 0.25) is 0 Å². The van der Waals surface area contributed by atoms with Crippen LogP contribution in [0.15, 0.2) is 48.6 Å². The number of hydrogen-bond donors (Lipinski definition) is 6. The predicted molar refractivity (Wildman–Crippen MR) is 370 cm³/mol. The second-order valence-electron chi connectivity index (χ2n) is 26.4.